The number of thioether (sulfide) groups is 1. The molecule has 0 aromatic rings. The van der Waals surface area contributed by atoms with E-state index in [2.05, 4.69) is 16.0 Å². The fourth-order valence-electron chi connectivity index (χ4n) is 2.53. The Bertz CT molecular complexity index is 647. The lowest BCUT2D eigenvalue weighted by atomic mass is 9.97. The maximum atomic E-state index is 12.7. The number of carboxylic acid groups (broad SMARTS) is 2. The highest BCUT2D eigenvalue weighted by Gasteiger charge is 2.31. The number of carbonyl (C=O) groups excluding carboxylic acids is 3. The van der Waals surface area contributed by atoms with Crippen LogP contribution in [0.15, 0.2) is 0 Å². The van der Waals surface area contributed by atoms with E-state index in [1.165, 1.54) is 18.7 Å². The zero-order chi connectivity index (χ0) is 24.1. The number of rotatable bonds is 15. The Morgan fingerprint density at radius 3 is 2.03 bits per heavy atom. The van der Waals surface area contributed by atoms with E-state index in [1.54, 1.807) is 6.92 Å². The summed E-state index contributed by atoms with van der Waals surface area (Å²) >= 11 is 1.45. The van der Waals surface area contributed by atoms with Gasteiger partial charge in [-0.2, -0.15) is 11.8 Å². The van der Waals surface area contributed by atoms with E-state index in [1.807, 2.05) is 13.2 Å². The lowest BCUT2D eigenvalue weighted by molar-refractivity contribution is -0.142. The van der Waals surface area contributed by atoms with Crippen LogP contribution in [0, 0.1) is 5.92 Å². The van der Waals surface area contributed by atoms with Gasteiger partial charge < -0.3 is 31.9 Å². The maximum Gasteiger partial charge on any atom is 0.326 e. The number of aliphatic carboxylic acids is 2. The van der Waals surface area contributed by atoms with Gasteiger partial charge in [0.15, 0.2) is 0 Å². The Hall–Kier alpha value is -2.34. The van der Waals surface area contributed by atoms with Gasteiger partial charge in [0.25, 0.3) is 0 Å². The molecule has 0 aliphatic rings. The second kappa shape index (κ2) is 14.6. The van der Waals surface area contributed by atoms with Gasteiger partial charge in [-0.1, -0.05) is 20.3 Å². The first-order chi connectivity index (χ1) is 14.4. The average Bonchev–Trinajstić information content (AvgIpc) is 2.71. The standard InChI is InChI=1S/C19H34N4O7S/c1-5-10(2)15(18(28)22-13(19(29)30)8-9-31-4)23-16(26)11(3)21-17(27)12(20)6-7-14(24)25/h10-13,15H,5-9,20H2,1-4H3,(H,21,27)(H,22,28)(H,23,26)(H,24,25)(H,29,30). The van der Waals surface area contributed by atoms with Crippen molar-refractivity contribution in [2.24, 2.45) is 11.7 Å². The van der Waals surface area contributed by atoms with Gasteiger partial charge in [-0.25, -0.2) is 4.79 Å². The second-order valence-corrected chi connectivity index (χ2v) is 8.31. The number of nitrogens with two attached hydrogens (primary N) is 1. The van der Waals surface area contributed by atoms with Crippen LogP contribution < -0.4 is 21.7 Å². The normalized spacial score (nSPS) is 15.6. The highest BCUT2D eigenvalue weighted by atomic mass is 32.2. The summed E-state index contributed by atoms with van der Waals surface area (Å²) < 4.78 is 0. The van der Waals surface area contributed by atoms with E-state index in [4.69, 9.17) is 10.8 Å². The molecule has 0 heterocycles. The van der Waals surface area contributed by atoms with E-state index in [0.717, 1.165) is 0 Å². The summed E-state index contributed by atoms with van der Waals surface area (Å²) in [6.45, 7) is 4.97. The predicted octanol–water partition coefficient (Wildman–Crippen LogP) is -0.463. The van der Waals surface area contributed by atoms with E-state index >= 15 is 0 Å². The van der Waals surface area contributed by atoms with Crippen LogP contribution in [0.1, 0.15) is 46.5 Å². The number of carbonyl (C=O) groups is 5. The lowest BCUT2D eigenvalue weighted by Gasteiger charge is -2.27. The van der Waals surface area contributed by atoms with Gasteiger partial charge in [0.2, 0.25) is 17.7 Å². The van der Waals surface area contributed by atoms with E-state index in [-0.39, 0.29) is 25.2 Å². The average molecular weight is 463 g/mol. The summed E-state index contributed by atoms with van der Waals surface area (Å²) in [7, 11) is 0. The van der Waals surface area contributed by atoms with Crippen molar-refractivity contribution >= 4 is 41.4 Å². The third kappa shape index (κ3) is 11.0. The molecule has 0 saturated carbocycles. The maximum absolute atomic E-state index is 12.7. The number of carboxylic acids is 2. The molecule has 3 amide bonds. The third-order valence-electron chi connectivity index (χ3n) is 4.78. The topological polar surface area (TPSA) is 188 Å². The molecule has 0 spiro atoms. The molecule has 0 aliphatic heterocycles. The van der Waals surface area contributed by atoms with Crippen molar-refractivity contribution in [3.63, 3.8) is 0 Å². The molecule has 0 aromatic heterocycles. The van der Waals surface area contributed by atoms with Crippen LogP contribution >= 0.6 is 11.8 Å². The van der Waals surface area contributed by atoms with E-state index in [0.29, 0.717) is 12.2 Å². The van der Waals surface area contributed by atoms with Crippen molar-refractivity contribution in [3.05, 3.63) is 0 Å². The summed E-state index contributed by atoms with van der Waals surface area (Å²) in [5.74, 6) is -3.94. The van der Waals surface area contributed by atoms with Crippen LogP contribution in [-0.2, 0) is 24.0 Å². The van der Waals surface area contributed by atoms with Crippen molar-refractivity contribution in [3.8, 4) is 0 Å². The van der Waals surface area contributed by atoms with E-state index in [9.17, 15) is 29.1 Å². The first kappa shape index (κ1) is 28.7. The summed E-state index contributed by atoms with van der Waals surface area (Å²) in [6, 6.07) is -4.19. The van der Waals surface area contributed by atoms with Crippen molar-refractivity contribution in [2.75, 3.05) is 12.0 Å². The van der Waals surface area contributed by atoms with Gasteiger partial charge in [-0.05, 0) is 37.7 Å². The smallest absolute Gasteiger partial charge is 0.326 e. The van der Waals surface area contributed by atoms with Gasteiger partial charge in [0.1, 0.15) is 18.1 Å². The van der Waals surface area contributed by atoms with Crippen LogP contribution in [0.3, 0.4) is 0 Å². The zero-order valence-electron chi connectivity index (χ0n) is 18.3. The van der Waals surface area contributed by atoms with Crippen LogP contribution in [0.2, 0.25) is 0 Å². The fraction of sp³-hybridized carbons (Fsp3) is 0.737. The van der Waals surface area contributed by atoms with Crippen molar-refractivity contribution in [1.29, 1.82) is 0 Å². The molecular formula is C19H34N4O7S. The molecule has 12 heteroatoms. The molecule has 0 rings (SSSR count). The summed E-state index contributed by atoms with van der Waals surface area (Å²) in [5.41, 5.74) is 5.63. The number of nitrogens with one attached hydrogen (secondary N) is 3. The highest BCUT2D eigenvalue weighted by molar-refractivity contribution is 7.98. The monoisotopic (exact) mass is 462 g/mol. The molecule has 5 atom stereocenters. The van der Waals surface area contributed by atoms with Crippen LogP contribution in [0.5, 0.6) is 0 Å². The summed E-state index contributed by atoms with van der Waals surface area (Å²) in [5, 5.41) is 25.4. The molecule has 31 heavy (non-hydrogen) atoms. The Morgan fingerprint density at radius 1 is 0.935 bits per heavy atom. The van der Waals surface area contributed by atoms with Gasteiger partial charge >= 0.3 is 11.9 Å². The number of hydrogen-bond donors (Lipinski definition) is 6. The molecule has 0 fully saturated rings. The molecule has 178 valence electrons. The molecule has 7 N–H and O–H groups in total. The quantitative estimate of drug-likeness (QED) is 0.187. The van der Waals surface area contributed by atoms with E-state index < -0.39 is 53.8 Å². The van der Waals surface area contributed by atoms with Gasteiger partial charge in [0, 0.05) is 6.42 Å². The largest absolute Gasteiger partial charge is 0.481 e. The number of amides is 3. The van der Waals surface area contributed by atoms with Gasteiger partial charge in [-0.15, -0.1) is 0 Å². The third-order valence-corrected chi connectivity index (χ3v) is 5.42. The van der Waals surface area contributed by atoms with Crippen LogP contribution in [0.25, 0.3) is 0 Å². The zero-order valence-corrected chi connectivity index (χ0v) is 19.2. The first-order valence-electron chi connectivity index (χ1n) is 10.0. The van der Waals surface area contributed by atoms with Crippen LogP contribution in [0.4, 0.5) is 0 Å². The van der Waals surface area contributed by atoms with Crippen molar-refractivity contribution in [2.45, 2.75) is 70.6 Å². The Balaban J connectivity index is 5.07. The predicted molar refractivity (Wildman–Crippen MR) is 116 cm³/mol. The van der Waals surface area contributed by atoms with Gasteiger partial charge in [-0.3, -0.25) is 19.2 Å². The minimum atomic E-state index is -1.16. The molecule has 0 aromatic carbocycles. The Kier molecular flexibility index (Phi) is 13.5. The molecule has 0 aliphatic carbocycles. The van der Waals surface area contributed by atoms with Crippen molar-refractivity contribution < 1.29 is 34.2 Å². The SMILES string of the molecule is CCC(C)C(NC(=O)C(C)NC(=O)C(N)CCC(=O)O)C(=O)NC(CCSC)C(=O)O. The molecular weight excluding hydrogens is 428 g/mol. The van der Waals surface area contributed by atoms with Crippen molar-refractivity contribution in [1.82, 2.24) is 16.0 Å². The molecule has 0 radical (unpaired) electrons. The summed E-state index contributed by atoms with van der Waals surface area (Å²) in [4.78, 5) is 59.3. The molecule has 5 unspecified atom stereocenters. The highest BCUT2D eigenvalue weighted by Crippen LogP contribution is 2.10. The second-order valence-electron chi connectivity index (χ2n) is 7.32. The first-order valence-corrected chi connectivity index (χ1v) is 11.4. The molecule has 0 saturated heterocycles. The number of hydrogen-bond acceptors (Lipinski definition) is 7. The lowest BCUT2D eigenvalue weighted by Crippen LogP contribution is -2.58. The Labute approximate surface area is 186 Å². The molecule has 0 bridgehead atoms. The summed E-state index contributed by atoms with van der Waals surface area (Å²) in [6.07, 6.45) is 2.24. The Morgan fingerprint density at radius 2 is 1.55 bits per heavy atom. The van der Waals surface area contributed by atoms with Crippen LogP contribution in [-0.4, -0.2) is 76.0 Å². The minimum Gasteiger partial charge on any atom is -0.481 e. The minimum absolute atomic E-state index is 0.0833. The fourth-order valence-corrected chi connectivity index (χ4v) is 3.00. The van der Waals surface area contributed by atoms with Gasteiger partial charge in [0.05, 0.1) is 6.04 Å². The molecule has 11 nitrogen and oxygen atoms in total.